The van der Waals surface area contributed by atoms with Crippen LogP contribution in [0.4, 0.5) is 0 Å². The monoisotopic (exact) mass is 222 g/mol. The third kappa shape index (κ3) is 1.92. The van der Waals surface area contributed by atoms with Gasteiger partial charge in [-0.15, -0.1) is 0 Å². The summed E-state index contributed by atoms with van der Waals surface area (Å²) >= 11 is 0. The first-order valence-corrected chi connectivity index (χ1v) is 4.74. The Morgan fingerprint density at radius 1 is 1.62 bits per heavy atom. The van der Waals surface area contributed by atoms with E-state index in [0.29, 0.717) is 5.69 Å². The van der Waals surface area contributed by atoms with Crippen LogP contribution in [0, 0.1) is 6.92 Å². The summed E-state index contributed by atoms with van der Waals surface area (Å²) in [5.74, 6) is -0.519. The maximum absolute atomic E-state index is 11.3. The van der Waals surface area contributed by atoms with Gasteiger partial charge in [0.2, 0.25) is 0 Å². The summed E-state index contributed by atoms with van der Waals surface area (Å²) in [5.41, 5.74) is 1.37. The molecule has 84 valence electrons. The van der Waals surface area contributed by atoms with E-state index in [1.807, 2.05) is 6.92 Å². The van der Waals surface area contributed by atoms with E-state index in [4.69, 9.17) is 9.26 Å². The van der Waals surface area contributed by atoms with Crippen LogP contribution in [0.2, 0.25) is 0 Å². The second-order valence-electron chi connectivity index (χ2n) is 3.08. The molecule has 16 heavy (non-hydrogen) atoms. The molecule has 0 saturated carbocycles. The second-order valence-corrected chi connectivity index (χ2v) is 3.08. The Kier molecular flexibility index (Phi) is 2.67. The van der Waals surface area contributed by atoms with Crippen molar-refractivity contribution in [1.29, 1.82) is 0 Å². The highest BCUT2D eigenvalue weighted by Crippen LogP contribution is 2.14. The van der Waals surface area contributed by atoms with Gasteiger partial charge in [-0.2, -0.15) is 10.1 Å². The van der Waals surface area contributed by atoms with Crippen LogP contribution in [0.1, 0.15) is 23.2 Å². The highest BCUT2D eigenvalue weighted by atomic mass is 16.5. The Labute approximate surface area is 90.8 Å². The molecule has 0 unspecified atom stereocenters. The first-order chi connectivity index (χ1) is 7.70. The van der Waals surface area contributed by atoms with Crippen molar-refractivity contribution in [2.45, 2.75) is 13.8 Å². The number of aromatic amines is 1. The fourth-order valence-electron chi connectivity index (χ4n) is 1.13. The van der Waals surface area contributed by atoms with Crippen LogP contribution in [0.25, 0.3) is 11.6 Å². The number of aromatic nitrogens is 4. The van der Waals surface area contributed by atoms with Gasteiger partial charge in [-0.05, 0) is 25.1 Å². The van der Waals surface area contributed by atoms with Crippen molar-refractivity contribution in [1.82, 2.24) is 20.3 Å². The van der Waals surface area contributed by atoms with Gasteiger partial charge in [-0.25, -0.2) is 4.79 Å². The number of H-pyrrole nitrogens is 1. The van der Waals surface area contributed by atoms with E-state index < -0.39 is 5.97 Å². The molecule has 0 radical (unpaired) electrons. The maximum atomic E-state index is 11.3. The van der Waals surface area contributed by atoms with Gasteiger partial charge in [0.05, 0.1) is 6.61 Å². The summed E-state index contributed by atoms with van der Waals surface area (Å²) in [6.45, 7) is 3.82. The Hall–Kier alpha value is -2.18. The average molecular weight is 222 g/mol. The van der Waals surface area contributed by atoms with Crippen molar-refractivity contribution in [3.05, 3.63) is 17.6 Å². The van der Waals surface area contributed by atoms with Gasteiger partial charge >= 0.3 is 5.97 Å². The van der Waals surface area contributed by atoms with Crippen LogP contribution >= 0.6 is 0 Å². The fraction of sp³-hybridized carbons (Fsp3) is 0.333. The van der Waals surface area contributed by atoms with Crippen LogP contribution in [-0.4, -0.2) is 32.9 Å². The van der Waals surface area contributed by atoms with E-state index in [1.165, 1.54) is 0 Å². The minimum atomic E-state index is -0.607. The quantitative estimate of drug-likeness (QED) is 0.777. The molecule has 2 heterocycles. The minimum absolute atomic E-state index is 0.0995. The summed E-state index contributed by atoms with van der Waals surface area (Å²) in [4.78, 5) is 15.1. The minimum Gasteiger partial charge on any atom is -0.460 e. The lowest BCUT2D eigenvalue weighted by atomic mass is 10.4. The van der Waals surface area contributed by atoms with E-state index in [0.717, 1.165) is 5.69 Å². The molecule has 0 aliphatic rings. The Morgan fingerprint density at radius 3 is 3.06 bits per heavy atom. The number of nitrogens with zero attached hydrogens (tertiary/aromatic N) is 3. The number of rotatable bonds is 3. The van der Waals surface area contributed by atoms with Crippen molar-refractivity contribution in [3.63, 3.8) is 0 Å². The Morgan fingerprint density at radius 2 is 2.44 bits per heavy atom. The van der Waals surface area contributed by atoms with Crippen molar-refractivity contribution < 1.29 is 14.1 Å². The number of carbonyl (C=O) groups is 1. The lowest BCUT2D eigenvalue weighted by Crippen LogP contribution is -2.06. The third-order valence-corrected chi connectivity index (χ3v) is 1.81. The van der Waals surface area contributed by atoms with Crippen LogP contribution in [-0.2, 0) is 4.74 Å². The third-order valence-electron chi connectivity index (χ3n) is 1.81. The number of ether oxygens (including phenoxy) is 1. The molecular formula is C9H10N4O3. The zero-order valence-corrected chi connectivity index (χ0v) is 8.85. The largest absolute Gasteiger partial charge is 0.460 e. The molecule has 0 atom stereocenters. The average Bonchev–Trinajstić information content (AvgIpc) is 2.85. The van der Waals surface area contributed by atoms with Crippen molar-refractivity contribution >= 4 is 5.97 Å². The molecule has 0 bridgehead atoms. The van der Waals surface area contributed by atoms with Gasteiger partial charge in [0.25, 0.3) is 11.7 Å². The molecule has 0 saturated heterocycles. The van der Waals surface area contributed by atoms with Crippen molar-refractivity contribution in [3.8, 4) is 11.6 Å². The Bertz CT molecular complexity index is 502. The zero-order valence-electron chi connectivity index (χ0n) is 8.85. The second kappa shape index (κ2) is 4.13. The Balaban J connectivity index is 2.22. The van der Waals surface area contributed by atoms with Crippen LogP contribution < -0.4 is 0 Å². The molecular weight excluding hydrogens is 212 g/mol. The lowest BCUT2D eigenvalue weighted by molar-refractivity contribution is 0.0508. The summed E-state index contributed by atoms with van der Waals surface area (Å²) in [6.07, 6.45) is 0. The number of nitrogens with one attached hydrogen (secondary N) is 1. The van der Waals surface area contributed by atoms with E-state index in [-0.39, 0.29) is 18.3 Å². The van der Waals surface area contributed by atoms with Gasteiger partial charge in [-0.3, -0.25) is 5.10 Å². The maximum Gasteiger partial charge on any atom is 0.379 e. The molecule has 0 fully saturated rings. The van der Waals surface area contributed by atoms with Gasteiger partial charge in [0.15, 0.2) is 5.69 Å². The van der Waals surface area contributed by atoms with E-state index in [2.05, 4.69) is 20.3 Å². The molecule has 0 amide bonds. The number of carbonyl (C=O) groups excluding carboxylic acids is 1. The first-order valence-electron chi connectivity index (χ1n) is 4.74. The smallest absolute Gasteiger partial charge is 0.379 e. The lowest BCUT2D eigenvalue weighted by Gasteiger charge is -1.93. The SMILES string of the molecule is CCOC(=O)c1noc(-c2cc(C)[nH]n2)n1. The molecule has 7 nitrogen and oxygen atoms in total. The van der Waals surface area contributed by atoms with Crippen molar-refractivity contribution in [2.75, 3.05) is 6.61 Å². The molecule has 0 aliphatic carbocycles. The molecule has 2 aromatic heterocycles. The summed E-state index contributed by atoms with van der Waals surface area (Å²) in [7, 11) is 0. The molecule has 0 spiro atoms. The molecule has 2 aromatic rings. The molecule has 2 rings (SSSR count). The van der Waals surface area contributed by atoms with Crippen LogP contribution in [0.5, 0.6) is 0 Å². The van der Waals surface area contributed by atoms with Gasteiger partial charge < -0.3 is 9.26 Å². The first kappa shape index (κ1) is 10.3. The molecule has 0 aliphatic heterocycles. The molecule has 1 N–H and O–H groups in total. The topological polar surface area (TPSA) is 93.9 Å². The summed E-state index contributed by atoms with van der Waals surface area (Å²) in [5, 5.41) is 10.2. The summed E-state index contributed by atoms with van der Waals surface area (Å²) in [6, 6.07) is 1.74. The fourth-order valence-corrected chi connectivity index (χ4v) is 1.13. The van der Waals surface area contributed by atoms with Gasteiger partial charge in [0.1, 0.15) is 0 Å². The standard InChI is InChI=1S/C9H10N4O3/c1-3-15-9(14)7-10-8(16-13-7)6-4-5(2)11-12-6/h4H,3H2,1-2H3,(H,11,12). The van der Waals surface area contributed by atoms with Crippen LogP contribution in [0.3, 0.4) is 0 Å². The molecule has 7 heteroatoms. The van der Waals surface area contributed by atoms with E-state index in [1.54, 1.807) is 13.0 Å². The van der Waals surface area contributed by atoms with E-state index in [9.17, 15) is 4.79 Å². The molecule has 0 aromatic carbocycles. The highest BCUT2D eigenvalue weighted by molar-refractivity contribution is 5.85. The highest BCUT2D eigenvalue weighted by Gasteiger charge is 2.17. The zero-order chi connectivity index (χ0) is 11.5. The van der Waals surface area contributed by atoms with Gasteiger partial charge in [-0.1, -0.05) is 0 Å². The number of aryl methyl sites for hydroxylation is 1. The van der Waals surface area contributed by atoms with E-state index >= 15 is 0 Å². The predicted octanol–water partition coefficient (Wildman–Crippen LogP) is 0.945. The predicted molar refractivity (Wildman–Crippen MR) is 52.6 cm³/mol. The normalized spacial score (nSPS) is 10.4. The summed E-state index contributed by atoms with van der Waals surface area (Å²) < 4.78 is 9.62. The van der Waals surface area contributed by atoms with Crippen molar-refractivity contribution in [2.24, 2.45) is 0 Å². The number of hydrogen-bond acceptors (Lipinski definition) is 6. The van der Waals surface area contributed by atoms with Gasteiger partial charge in [0, 0.05) is 5.69 Å². The van der Waals surface area contributed by atoms with Crippen LogP contribution in [0.15, 0.2) is 10.6 Å². The number of hydrogen-bond donors (Lipinski definition) is 1. The number of esters is 1.